The smallest absolute Gasteiger partial charge is 0.261 e. The highest BCUT2D eigenvalue weighted by Crippen LogP contribution is 2.30. The fourth-order valence-electron chi connectivity index (χ4n) is 4.31. The molecular weight excluding hydrogens is 518 g/mol. The summed E-state index contributed by atoms with van der Waals surface area (Å²) in [6, 6.07) is 15.4. The lowest BCUT2D eigenvalue weighted by molar-refractivity contribution is 0.102. The molecule has 10 heteroatoms. The molecule has 0 aliphatic heterocycles. The minimum Gasteiger partial charge on any atom is -0.495 e. The molecule has 0 aliphatic carbocycles. The Morgan fingerprint density at radius 1 is 1.02 bits per heavy atom. The molecule has 40 heavy (non-hydrogen) atoms. The zero-order chi connectivity index (χ0) is 28.2. The predicted octanol–water partition coefficient (Wildman–Crippen LogP) is 5.93. The highest BCUT2D eigenvalue weighted by atomic mass is 19.1. The van der Waals surface area contributed by atoms with E-state index >= 15 is 0 Å². The molecule has 0 fully saturated rings. The highest BCUT2D eigenvalue weighted by molar-refractivity contribution is 6.04. The number of carbonyl (C=O) groups is 1. The van der Waals surface area contributed by atoms with Crippen molar-refractivity contribution >= 4 is 22.6 Å². The van der Waals surface area contributed by atoms with Crippen LogP contribution in [0.5, 0.6) is 17.2 Å². The van der Waals surface area contributed by atoms with Gasteiger partial charge in [0.2, 0.25) is 5.43 Å². The number of hydrogen-bond acceptors (Lipinski definition) is 6. The van der Waals surface area contributed by atoms with Crippen LogP contribution >= 0.6 is 0 Å². The van der Waals surface area contributed by atoms with Gasteiger partial charge in [-0.25, -0.2) is 13.8 Å². The molecule has 0 radical (unpaired) electrons. The average molecular weight is 543 g/mol. The van der Waals surface area contributed by atoms with Gasteiger partial charge >= 0.3 is 0 Å². The largest absolute Gasteiger partial charge is 0.495 e. The summed E-state index contributed by atoms with van der Waals surface area (Å²) in [7, 11) is 1.55. The number of pyridine rings is 3. The standard InChI is InChI=1S/C30H24F2N4O4/c1-18-27(19-3-5-20(32)6-4-19)29(37)24(17-36(18)14-12-31)30(38)35-21-7-9-22(10-8-21)40-26-11-13-33-25-15-23(39-2)16-34-28(25)26/h3-11,13,15-17H,12,14H2,1-2H3,(H,35,38). The van der Waals surface area contributed by atoms with Crippen molar-refractivity contribution in [3.63, 3.8) is 0 Å². The normalized spacial score (nSPS) is 10.9. The molecule has 5 aromatic rings. The molecule has 2 aromatic carbocycles. The average Bonchev–Trinajstić information content (AvgIpc) is 2.96. The van der Waals surface area contributed by atoms with E-state index in [1.165, 1.54) is 35.0 Å². The summed E-state index contributed by atoms with van der Waals surface area (Å²) in [5.41, 5.74) is 2.00. The number of benzene rings is 2. The van der Waals surface area contributed by atoms with Gasteiger partial charge in [0.15, 0.2) is 5.75 Å². The molecule has 0 spiro atoms. The zero-order valence-electron chi connectivity index (χ0n) is 21.7. The van der Waals surface area contributed by atoms with E-state index in [2.05, 4.69) is 15.3 Å². The lowest BCUT2D eigenvalue weighted by atomic mass is 10.0. The van der Waals surface area contributed by atoms with Gasteiger partial charge < -0.3 is 19.4 Å². The lowest BCUT2D eigenvalue weighted by Gasteiger charge is -2.16. The number of aryl methyl sites for hydroxylation is 1. The van der Waals surface area contributed by atoms with Crippen molar-refractivity contribution in [3.8, 4) is 28.4 Å². The minimum absolute atomic E-state index is 0.0437. The van der Waals surface area contributed by atoms with Crippen LogP contribution < -0.4 is 20.2 Å². The fraction of sp³-hybridized carbons (Fsp3) is 0.133. The third-order valence-electron chi connectivity index (χ3n) is 6.34. The second kappa shape index (κ2) is 11.3. The van der Waals surface area contributed by atoms with Gasteiger partial charge in [-0.05, 0) is 48.9 Å². The van der Waals surface area contributed by atoms with Crippen molar-refractivity contribution in [3.05, 3.63) is 107 Å². The molecule has 0 aliphatic rings. The second-order valence-corrected chi connectivity index (χ2v) is 8.85. The number of nitrogens with one attached hydrogen (secondary N) is 1. The summed E-state index contributed by atoms with van der Waals surface area (Å²) in [5, 5.41) is 2.71. The monoisotopic (exact) mass is 542 g/mol. The first-order chi connectivity index (χ1) is 19.4. The summed E-state index contributed by atoms with van der Waals surface area (Å²) in [5.74, 6) is 0.438. The fourth-order valence-corrected chi connectivity index (χ4v) is 4.31. The number of ether oxygens (including phenoxy) is 2. The Balaban J connectivity index is 1.39. The first-order valence-corrected chi connectivity index (χ1v) is 12.3. The SMILES string of the molecule is COc1cnc2c(Oc3ccc(NC(=O)c4cn(CCF)c(C)c(-c5ccc(F)cc5)c4=O)cc3)ccnc2c1. The summed E-state index contributed by atoms with van der Waals surface area (Å²) in [4.78, 5) is 35.2. The number of amides is 1. The highest BCUT2D eigenvalue weighted by Gasteiger charge is 2.20. The van der Waals surface area contributed by atoms with Gasteiger partial charge in [-0.15, -0.1) is 0 Å². The Morgan fingerprint density at radius 3 is 2.48 bits per heavy atom. The van der Waals surface area contributed by atoms with Crippen LogP contribution in [0.1, 0.15) is 16.1 Å². The van der Waals surface area contributed by atoms with Crippen LogP contribution in [-0.4, -0.2) is 34.2 Å². The molecule has 0 saturated carbocycles. The Kier molecular flexibility index (Phi) is 7.50. The number of anilines is 1. The number of fused-ring (bicyclic) bond motifs is 1. The maximum atomic E-state index is 13.5. The van der Waals surface area contributed by atoms with Crippen LogP contribution in [0.3, 0.4) is 0 Å². The number of nitrogens with zero attached hydrogens (tertiary/aromatic N) is 3. The maximum Gasteiger partial charge on any atom is 0.261 e. The third-order valence-corrected chi connectivity index (χ3v) is 6.34. The van der Waals surface area contributed by atoms with E-state index in [0.717, 1.165) is 0 Å². The zero-order valence-corrected chi connectivity index (χ0v) is 21.7. The molecule has 8 nitrogen and oxygen atoms in total. The van der Waals surface area contributed by atoms with E-state index < -0.39 is 23.8 Å². The molecule has 0 saturated heterocycles. The van der Waals surface area contributed by atoms with Gasteiger partial charge in [-0.1, -0.05) is 12.1 Å². The number of hydrogen-bond donors (Lipinski definition) is 1. The topological polar surface area (TPSA) is 95.3 Å². The Morgan fingerprint density at radius 2 is 1.77 bits per heavy atom. The van der Waals surface area contributed by atoms with Gasteiger partial charge in [0.05, 0.1) is 25.4 Å². The number of rotatable bonds is 8. The van der Waals surface area contributed by atoms with Crippen LogP contribution in [0.4, 0.5) is 14.5 Å². The quantitative estimate of drug-likeness (QED) is 0.261. The Bertz CT molecular complexity index is 1750. The van der Waals surface area contributed by atoms with Crippen molar-refractivity contribution in [1.29, 1.82) is 0 Å². The maximum absolute atomic E-state index is 13.5. The Labute approximate surface area is 227 Å². The summed E-state index contributed by atoms with van der Waals surface area (Å²) in [6.45, 7) is 0.928. The Hall–Kier alpha value is -5.12. The van der Waals surface area contributed by atoms with Crippen molar-refractivity contribution < 1.29 is 23.0 Å². The summed E-state index contributed by atoms with van der Waals surface area (Å²) >= 11 is 0. The van der Waals surface area contributed by atoms with E-state index in [0.29, 0.717) is 45.2 Å². The molecule has 3 aromatic heterocycles. The van der Waals surface area contributed by atoms with Gasteiger partial charge in [-0.2, -0.15) is 0 Å². The van der Waals surface area contributed by atoms with Gasteiger partial charge in [-0.3, -0.25) is 14.6 Å². The first-order valence-electron chi connectivity index (χ1n) is 12.3. The van der Waals surface area contributed by atoms with E-state index in [1.54, 1.807) is 62.8 Å². The van der Waals surface area contributed by atoms with Crippen LogP contribution in [0.15, 0.2) is 84.0 Å². The van der Waals surface area contributed by atoms with Crippen LogP contribution in [0, 0.1) is 12.7 Å². The molecular formula is C30H24F2N4O4. The molecule has 202 valence electrons. The van der Waals surface area contributed by atoms with E-state index in [4.69, 9.17) is 9.47 Å². The summed E-state index contributed by atoms with van der Waals surface area (Å²) in [6.07, 6.45) is 4.52. The van der Waals surface area contributed by atoms with Crippen molar-refractivity contribution in [2.45, 2.75) is 13.5 Å². The third kappa shape index (κ3) is 5.37. The number of halogens is 2. The molecule has 5 rings (SSSR count). The van der Waals surface area contributed by atoms with Gasteiger partial charge in [0, 0.05) is 41.5 Å². The van der Waals surface area contributed by atoms with E-state index in [-0.39, 0.29) is 17.7 Å². The van der Waals surface area contributed by atoms with Crippen molar-refractivity contribution in [1.82, 2.24) is 14.5 Å². The van der Waals surface area contributed by atoms with Crippen LogP contribution in [0.2, 0.25) is 0 Å². The van der Waals surface area contributed by atoms with Crippen LogP contribution in [-0.2, 0) is 6.54 Å². The molecule has 1 N–H and O–H groups in total. The lowest BCUT2D eigenvalue weighted by Crippen LogP contribution is -2.26. The van der Waals surface area contributed by atoms with Crippen molar-refractivity contribution in [2.24, 2.45) is 0 Å². The molecule has 0 bridgehead atoms. The summed E-state index contributed by atoms with van der Waals surface area (Å²) < 4.78 is 39.4. The predicted molar refractivity (Wildman–Crippen MR) is 147 cm³/mol. The number of alkyl halides is 1. The molecule has 1 amide bonds. The number of carbonyl (C=O) groups excluding carboxylic acids is 1. The number of aromatic nitrogens is 3. The number of methoxy groups -OCH3 is 1. The van der Waals surface area contributed by atoms with Gasteiger partial charge in [0.25, 0.3) is 5.91 Å². The molecule has 0 atom stereocenters. The molecule has 0 unspecified atom stereocenters. The van der Waals surface area contributed by atoms with Gasteiger partial charge in [0.1, 0.15) is 35.1 Å². The van der Waals surface area contributed by atoms with Crippen LogP contribution in [0.25, 0.3) is 22.2 Å². The van der Waals surface area contributed by atoms with E-state index in [9.17, 15) is 18.4 Å². The minimum atomic E-state index is -0.690. The first kappa shape index (κ1) is 26.5. The molecule has 3 heterocycles. The van der Waals surface area contributed by atoms with E-state index in [1.807, 2.05) is 0 Å². The second-order valence-electron chi connectivity index (χ2n) is 8.85. The van der Waals surface area contributed by atoms with Crippen molar-refractivity contribution in [2.75, 3.05) is 19.1 Å².